The normalized spacial score (nSPS) is 10.9. The predicted molar refractivity (Wildman–Crippen MR) is 67.5 cm³/mol. The summed E-state index contributed by atoms with van der Waals surface area (Å²) < 4.78 is 0. The van der Waals surface area contributed by atoms with Crippen LogP contribution < -0.4 is 5.32 Å². The minimum atomic E-state index is 0.594. The molecule has 1 aromatic carbocycles. The number of unbranched alkanes of at least 4 members (excludes halogenated alkanes) is 1. The first kappa shape index (κ1) is 12.5. The molecule has 0 fully saturated rings. The Kier molecular flexibility index (Phi) is 5.74. The highest BCUT2D eigenvalue weighted by Gasteiger charge is 1.95. The summed E-state index contributed by atoms with van der Waals surface area (Å²) in [7, 11) is 0. The van der Waals surface area contributed by atoms with Crippen LogP contribution in [0.1, 0.15) is 32.3 Å². The standard InChI is InChI=1S/C13H20ClN/c1-11(2)15-9-4-3-6-12-7-5-8-13(14)10-12/h5,7-8,10-11,15H,3-4,6,9H2,1-2H3. The zero-order valence-corrected chi connectivity index (χ0v) is 10.3. The topological polar surface area (TPSA) is 12.0 Å². The van der Waals surface area contributed by atoms with Gasteiger partial charge in [-0.1, -0.05) is 37.6 Å². The molecule has 0 unspecified atom stereocenters. The van der Waals surface area contributed by atoms with Crippen molar-refractivity contribution in [2.45, 2.75) is 39.2 Å². The molecule has 2 heteroatoms. The quantitative estimate of drug-likeness (QED) is 0.729. The Morgan fingerprint density at radius 1 is 1.27 bits per heavy atom. The van der Waals surface area contributed by atoms with E-state index in [2.05, 4.69) is 31.3 Å². The zero-order valence-electron chi connectivity index (χ0n) is 9.59. The van der Waals surface area contributed by atoms with Crippen LogP contribution in [0.25, 0.3) is 0 Å². The highest BCUT2D eigenvalue weighted by Crippen LogP contribution is 2.12. The van der Waals surface area contributed by atoms with Gasteiger partial charge in [0.25, 0.3) is 0 Å². The van der Waals surface area contributed by atoms with E-state index < -0.39 is 0 Å². The van der Waals surface area contributed by atoms with E-state index in [1.807, 2.05) is 12.1 Å². The molecule has 15 heavy (non-hydrogen) atoms. The largest absolute Gasteiger partial charge is 0.315 e. The van der Waals surface area contributed by atoms with E-state index in [0.717, 1.165) is 18.0 Å². The number of rotatable bonds is 6. The summed E-state index contributed by atoms with van der Waals surface area (Å²) >= 11 is 5.91. The van der Waals surface area contributed by atoms with Crippen LogP contribution >= 0.6 is 11.6 Å². The molecule has 84 valence electrons. The van der Waals surface area contributed by atoms with Gasteiger partial charge in [-0.25, -0.2) is 0 Å². The summed E-state index contributed by atoms with van der Waals surface area (Å²) in [6, 6.07) is 8.73. The lowest BCUT2D eigenvalue weighted by Crippen LogP contribution is -2.23. The number of hydrogen-bond acceptors (Lipinski definition) is 1. The molecule has 0 spiro atoms. The Bertz CT molecular complexity index is 284. The maximum Gasteiger partial charge on any atom is 0.0408 e. The van der Waals surface area contributed by atoms with Crippen LogP contribution in [0, 0.1) is 0 Å². The summed E-state index contributed by atoms with van der Waals surface area (Å²) in [6.45, 7) is 5.46. The van der Waals surface area contributed by atoms with Crippen molar-refractivity contribution in [3.8, 4) is 0 Å². The van der Waals surface area contributed by atoms with Gasteiger partial charge in [-0.2, -0.15) is 0 Å². The summed E-state index contributed by atoms with van der Waals surface area (Å²) in [5.74, 6) is 0. The van der Waals surface area contributed by atoms with Crippen LogP contribution in [0.4, 0.5) is 0 Å². The Morgan fingerprint density at radius 2 is 2.07 bits per heavy atom. The number of benzene rings is 1. The summed E-state index contributed by atoms with van der Waals surface area (Å²) in [5.41, 5.74) is 1.34. The molecule has 0 aliphatic carbocycles. The Hall–Kier alpha value is -0.530. The van der Waals surface area contributed by atoms with E-state index in [1.165, 1.54) is 18.4 Å². The third-order valence-corrected chi connectivity index (χ3v) is 2.57. The fourth-order valence-corrected chi connectivity index (χ4v) is 1.75. The first-order chi connectivity index (χ1) is 7.18. The molecule has 0 amide bonds. The minimum absolute atomic E-state index is 0.594. The van der Waals surface area contributed by atoms with Crippen molar-refractivity contribution >= 4 is 11.6 Å². The van der Waals surface area contributed by atoms with Gasteiger partial charge in [0, 0.05) is 11.1 Å². The first-order valence-corrected chi connectivity index (χ1v) is 6.04. The van der Waals surface area contributed by atoms with Crippen molar-refractivity contribution in [2.75, 3.05) is 6.54 Å². The van der Waals surface area contributed by atoms with Gasteiger partial charge in [0.1, 0.15) is 0 Å². The van der Waals surface area contributed by atoms with E-state index in [0.29, 0.717) is 6.04 Å². The maximum absolute atomic E-state index is 5.91. The third-order valence-electron chi connectivity index (χ3n) is 2.33. The lowest BCUT2D eigenvalue weighted by molar-refractivity contribution is 0.557. The van der Waals surface area contributed by atoms with E-state index >= 15 is 0 Å². The van der Waals surface area contributed by atoms with Gasteiger partial charge in [-0.3, -0.25) is 0 Å². The molecule has 0 saturated carbocycles. The molecule has 0 radical (unpaired) electrons. The second-order valence-corrected chi connectivity index (χ2v) is 4.63. The molecule has 0 aliphatic rings. The minimum Gasteiger partial charge on any atom is -0.315 e. The average Bonchev–Trinajstić information content (AvgIpc) is 2.17. The van der Waals surface area contributed by atoms with Crippen molar-refractivity contribution in [3.05, 3.63) is 34.9 Å². The van der Waals surface area contributed by atoms with Gasteiger partial charge in [-0.15, -0.1) is 0 Å². The molecular weight excluding hydrogens is 206 g/mol. The molecule has 0 aromatic heterocycles. The number of hydrogen-bond donors (Lipinski definition) is 1. The average molecular weight is 226 g/mol. The Labute approximate surface area is 97.8 Å². The lowest BCUT2D eigenvalue weighted by atomic mass is 10.1. The highest BCUT2D eigenvalue weighted by molar-refractivity contribution is 6.30. The number of aryl methyl sites for hydroxylation is 1. The van der Waals surface area contributed by atoms with Gasteiger partial charge in [0.05, 0.1) is 0 Å². The van der Waals surface area contributed by atoms with Crippen molar-refractivity contribution in [1.82, 2.24) is 5.32 Å². The third kappa shape index (κ3) is 5.81. The smallest absolute Gasteiger partial charge is 0.0408 e. The Morgan fingerprint density at radius 3 is 2.73 bits per heavy atom. The van der Waals surface area contributed by atoms with Crippen LogP contribution in [0.15, 0.2) is 24.3 Å². The fourth-order valence-electron chi connectivity index (χ4n) is 1.54. The number of halogens is 1. The molecule has 0 heterocycles. The molecule has 1 aromatic rings. The summed E-state index contributed by atoms with van der Waals surface area (Å²) in [5, 5.41) is 4.26. The monoisotopic (exact) mass is 225 g/mol. The van der Waals surface area contributed by atoms with Crippen LogP contribution in [0.5, 0.6) is 0 Å². The van der Waals surface area contributed by atoms with Gasteiger partial charge < -0.3 is 5.32 Å². The van der Waals surface area contributed by atoms with Gasteiger partial charge in [-0.05, 0) is 43.5 Å². The van der Waals surface area contributed by atoms with Crippen LogP contribution in [0.2, 0.25) is 5.02 Å². The second kappa shape index (κ2) is 6.86. The first-order valence-electron chi connectivity index (χ1n) is 5.66. The molecule has 0 saturated heterocycles. The van der Waals surface area contributed by atoms with Gasteiger partial charge in [0.15, 0.2) is 0 Å². The zero-order chi connectivity index (χ0) is 11.1. The molecule has 0 bridgehead atoms. The molecule has 1 N–H and O–H groups in total. The molecular formula is C13H20ClN. The van der Waals surface area contributed by atoms with Crippen molar-refractivity contribution in [1.29, 1.82) is 0 Å². The molecule has 1 nitrogen and oxygen atoms in total. The van der Waals surface area contributed by atoms with Crippen LogP contribution in [-0.4, -0.2) is 12.6 Å². The van der Waals surface area contributed by atoms with Crippen molar-refractivity contribution < 1.29 is 0 Å². The van der Waals surface area contributed by atoms with Gasteiger partial charge in [0.2, 0.25) is 0 Å². The van der Waals surface area contributed by atoms with E-state index in [-0.39, 0.29) is 0 Å². The van der Waals surface area contributed by atoms with Crippen molar-refractivity contribution in [3.63, 3.8) is 0 Å². The van der Waals surface area contributed by atoms with E-state index in [4.69, 9.17) is 11.6 Å². The Balaban J connectivity index is 2.15. The SMILES string of the molecule is CC(C)NCCCCc1cccc(Cl)c1. The van der Waals surface area contributed by atoms with Crippen LogP contribution in [0.3, 0.4) is 0 Å². The molecule has 1 rings (SSSR count). The summed E-state index contributed by atoms with van der Waals surface area (Å²) in [4.78, 5) is 0. The lowest BCUT2D eigenvalue weighted by Gasteiger charge is -2.07. The second-order valence-electron chi connectivity index (χ2n) is 4.20. The van der Waals surface area contributed by atoms with Crippen molar-refractivity contribution in [2.24, 2.45) is 0 Å². The predicted octanol–water partition coefficient (Wildman–Crippen LogP) is 3.66. The molecule has 0 aliphatic heterocycles. The maximum atomic E-state index is 5.91. The fraction of sp³-hybridized carbons (Fsp3) is 0.538. The van der Waals surface area contributed by atoms with Gasteiger partial charge >= 0.3 is 0 Å². The number of nitrogens with one attached hydrogen (secondary N) is 1. The van der Waals surface area contributed by atoms with Crippen LogP contribution in [-0.2, 0) is 6.42 Å². The summed E-state index contributed by atoms with van der Waals surface area (Å²) in [6.07, 6.45) is 3.57. The highest BCUT2D eigenvalue weighted by atomic mass is 35.5. The van der Waals surface area contributed by atoms with E-state index in [1.54, 1.807) is 0 Å². The molecule has 0 atom stereocenters. The van der Waals surface area contributed by atoms with E-state index in [9.17, 15) is 0 Å².